The summed E-state index contributed by atoms with van der Waals surface area (Å²) < 4.78 is 0. The number of nitrogens with zero attached hydrogens (tertiary/aromatic N) is 2. The molecule has 1 aliphatic rings. The molecule has 1 atom stereocenters. The highest BCUT2D eigenvalue weighted by molar-refractivity contribution is 9.09. The van der Waals surface area contributed by atoms with Crippen molar-refractivity contribution in [3.05, 3.63) is 47.0 Å². The van der Waals surface area contributed by atoms with Crippen molar-refractivity contribution < 1.29 is 0 Å². The average molecular weight is 307 g/mol. The van der Waals surface area contributed by atoms with Crippen LogP contribution in [0.15, 0.2) is 40.9 Å². The third kappa shape index (κ3) is 4.07. The van der Waals surface area contributed by atoms with E-state index in [4.69, 9.17) is 0 Å². The van der Waals surface area contributed by atoms with E-state index < -0.39 is 0 Å². The van der Waals surface area contributed by atoms with Gasteiger partial charge in [-0.2, -0.15) is 0 Å². The van der Waals surface area contributed by atoms with Gasteiger partial charge in [0.25, 0.3) is 0 Å². The lowest BCUT2D eigenvalue weighted by molar-refractivity contribution is 0.359. The average Bonchev–Trinajstić information content (AvgIpc) is 2.32. The number of aryl methyl sites for hydroxylation is 1. The van der Waals surface area contributed by atoms with Crippen molar-refractivity contribution in [2.45, 2.75) is 18.3 Å². The van der Waals surface area contributed by atoms with E-state index in [1.807, 2.05) is 6.21 Å². The van der Waals surface area contributed by atoms with E-state index in [0.29, 0.717) is 4.83 Å². The van der Waals surface area contributed by atoms with Gasteiger partial charge in [0.1, 0.15) is 0 Å². The Bertz CT molecular complexity index is 448. The molecule has 1 aliphatic heterocycles. The number of likely N-dealkylation sites (N-methyl/N-ethyl adjacent to an activating group) is 1. The van der Waals surface area contributed by atoms with Crippen molar-refractivity contribution in [1.29, 1.82) is 0 Å². The molecule has 0 saturated carbocycles. The van der Waals surface area contributed by atoms with Crippen LogP contribution in [0.1, 0.15) is 11.1 Å². The Morgan fingerprint density at radius 2 is 2.00 bits per heavy atom. The highest BCUT2D eigenvalue weighted by Gasteiger charge is 2.08. The summed E-state index contributed by atoms with van der Waals surface area (Å²) in [5, 5.41) is 0. The second kappa shape index (κ2) is 6.30. The Labute approximate surface area is 118 Å². The number of alkyl halides is 1. The summed E-state index contributed by atoms with van der Waals surface area (Å²) >= 11 is 3.58. The minimum Gasteiger partial charge on any atom is -0.298 e. The fourth-order valence-electron chi connectivity index (χ4n) is 2.06. The monoisotopic (exact) mass is 306 g/mol. The molecule has 3 heteroatoms. The lowest BCUT2D eigenvalue weighted by atomic mass is 10.1. The van der Waals surface area contributed by atoms with Crippen LogP contribution in [0.25, 0.3) is 0 Å². The molecule has 2 rings (SSSR count). The summed E-state index contributed by atoms with van der Waals surface area (Å²) in [7, 11) is 2.15. The lowest BCUT2D eigenvalue weighted by Gasteiger charge is -2.19. The van der Waals surface area contributed by atoms with Crippen molar-refractivity contribution >= 4 is 22.1 Å². The molecule has 2 nitrogen and oxygen atoms in total. The van der Waals surface area contributed by atoms with E-state index in [0.717, 1.165) is 19.6 Å². The van der Waals surface area contributed by atoms with Gasteiger partial charge in [-0.25, -0.2) is 0 Å². The number of dihydropyridines is 1. The Balaban J connectivity index is 1.90. The molecule has 96 valence electrons. The normalized spacial score (nSPS) is 19.1. The molecular weight excluding hydrogens is 288 g/mol. The molecule has 0 saturated heterocycles. The molecule has 1 aromatic rings. The standard InChI is InChI=1S/C15H19BrN2/c1-12-3-5-13(6-4-12)10-18(2)11-14-7-15(16)9-17-8-14/h3-8,15H,9-11H2,1-2H3. The van der Waals surface area contributed by atoms with Crippen LogP contribution in [0.4, 0.5) is 0 Å². The van der Waals surface area contributed by atoms with Gasteiger partial charge in [0.05, 0.1) is 11.4 Å². The van der Waals surface area contributed by atoms with Gasteiger partial charge < -0.3 is 0 Å². The van der Waals surface area contributed by atoms with Crippen LogP contribution in [0, 0.1) is 6.92 Å². The zero-order valence-electron chi connectivity index (χ0n) is 10.9. The third-order valence-electron chi connectivity index (χ3n) is 2.96. The highest BCUT2D eigenvalue weighted by atomic mass is 79.9. The molecule has 0 aliphatic carbocycles. The molecule has 18 heavy (non-hydrogen) atoms. The minimum absolute atomic E-state index is 0.394. The Morgan fingerprint density at radius 1 is 1.28 bits per heavy atom. The molecule has 0 amide bonds. The fraction of sp³-hybridized carbons (Fsp3) is 0.400. The van der Waals surface area contributed by atoms with E-state index in [1.54, 1.807) is 0 Å². The molecule has 1 unspecified atom stereocenters. The number of halogens is 1. The van der Waals surface area contributed by atoms with Crippen molar-refractivity contribution in [2.75, 3.05) is 20.1 Å². The molecular formula is C15H19BrN2. The van der Waals surface area contributed by atoms with E-state index >= 15 is 0 Å². The van der Waals surface area contributed by atoms with Gasteiger partial charge in [0, 0.05) is 19.3 Å². The summed E-state index contributed by atoms with van der Waals surface area (Å²) in [5.41, 5.74) is 3.95. The molecule has 1 heterocycles. The van der Waals surface area contributed by atoms with Gasteiger partial charge >= 0.3 is 0 Å². The first kappa shape index (κ1) is 13.5. The molecule has 0 aromatic heterocycles. The predicted molar refractivity (Wildman–Crippen MR) is 81.7 cm³/mol. The maximum atomic E-state index is 4.34. The van der Waals surface area contributed by atoms with Crippen molar-refractivity contribution in [3.8, 4) is 0 Å². The van der Waals surface area contributed by atoms with E-state index in [-0.39, 0.29) is 0 Å². The van der Waals surface area contributed by atoms with Crippen LogP contribution >= 0.6 is 15.9 Å². The Hall–Kier alpha value is -0.930. The summed E-state index contributed by atoms with van der Waals surface area (Å²) in [5.74, 6) is 0. The summed E-state index contributed by atoms with van der Waals surface area (Å²) in [6.45, 7) is 4.88. The van der Waals surface area contributed by atoms with Crippen LogP contribution in [0.2, 0.25) is 0 Å². The van der Waals surface area contributed by atoms with Gasteiger partial charge in [0.2, 0.25) is 0 Å². The molecule has 0 fully saturated rings. The predicted octanol–water partition coefficient (Wildman–Crippen LogP) is 3.20. The Morgan fingerprint density at radius 3 is 2.67 bits per heavy atom. The second-order valence-electron chi connectivity index (χ2n) is 4.91. The van der Waals surface area contributed by atoms with Crippen LogP contribution < -0.4 is 0 Å². The number of hydrogen-bond donors (Lipinski definition) is 0. The van der Waals surface area contributed by atoms with Gasteiger partial charge in [-0.15, -0.1) is 0 Å². The topological polar surface area (TPSA) is 15.6 Å². The maximum Gasteiger partial charge on any atom is 0.0550 e. The van der Waals surface area contributed by atoms with Crippen molar-refractivity contribution in [3.63, 3.8) is 0 Å². The summed E-state index contributed by atoms with van der Waals surface area (Å²) in [4.78, 5) is 7.05. The third-order valence-corrected chi connectivity index (χ3v) is 3.51. The van der Waals surface area contributed by atoms with Crippen molar-refractivity contribution in [1.82, 2.24) is 4.90 Å². The van der Waals surface area contributed by atoms with Gasteiger partial charge in [-0.1, -0.05) is 51.8 Å². The van der Waals surface area contributed by atoms with E-state index in [9.17, 15) is 0 Å². The number of benzene rings is 1. The molecule has 0 spiro atoms. The first-order valence-electron chi connectivity index (χ1n) is 6.22. The number of aliphatic imine (C=N–C) groups is 1. The molecule has 1 aromatic carbocycles. The van der Waals surface area contributed by atoms with Gasteiger partial charge in [-0.05, 0) is 25.1 Å². The van der Waals surface area contributed by atoms with Gasteiger partial charge in [-0.3, -0.25) is 9.89 Å². The Kier molecular flexibility index (Phi) is 4.72. The van der Waals surface area contributed by atoms with E-state index in [2.05, 4.69) is 70.1 Å². The first-order valence-corrected chi connectivity index (χ1v) is 7.14. The van der Waals surface area contributed by atoms with E-state index in [1.165, 1.54) is 16.7 Å². The van der Waals surface area contributed by atoms with Crippen molar-refractivity contribution in [2.24, 2.45) is 4.99 Å². The SMILES string of the molecule is Cc1ccc(CN(C)CC2=CC(Br)CN=C2)cc1. The first-order chi connectivity index (χ1) is 8.63. The highest BCUT2D eigenvalue weighted by Crippen LogP contribution is 2.12. The van der Waals surface area contributed by atoms with Crippen LogP contribution in [-0.4, -0.2) is 36.1 Å². The summed E-state index contributed by atoms with van der Waals surface area (Å²) in [6, 6.07) is 8.73. The lowest BCUT2D eigenvalue weighted by Crippen LogP contribution is -2.23. The molecule has 0 radical (unpaired) electrons. The quantitative estimate of drug-likeness (QED) is 0.780. The minimum atomic E-state index is 0.394. The van der Waals surface area contributed by atoms with Crippen LogP contribution in [-0.2, 0) is 6.54 Å². The zero-order chi connectivity index (χ0) is 13.0. The smallest absolute Gasteiger partial charge is 0.0550 e. The second-order valence-corrected chi connectivity index (χ2v) is 6.09. The number of rotatable bonds is 4. The van der Waals surface area contributed by atoms with Gasteiger partial charge in [0.15, 0.2) is 0 Å². The van der Waals surface area contributed by atoms with Crippen LogP contribution in [0.5, 0.6) is 0 Å². The zero-order valence-corrected chi connectivity index (χ0v) is 12.5. The van der Waals surface area contributed by atoms with Crippen LogP contribution in [0.3, 0.4) is 0 Å². The molecule has 0 bridgehead atoms. The summed E-state index contributed by atoms with van der Waals surface area (Å²) in [6.07, 6.45) is 4.24. The number of hydrogen-bond acceptors (Lipinski definition) is 2. The largest absolute Gasteiger partial charge is 0.298 e. The fourth-order valence-corrected chi connectivity index (χ4v) is 2.57. The maximum absolute atomic E-state index is 4.34. The molecule has 0 N–H and O–H groups in total.